The van der Waals surface area contributed by atoms with E-state index in [2.05, 4.69) is 12.2 Å². The topological polar surface area (TPSA) is 49.4 Å². The first-order chi connectivity index (χ1) is 10.9. The molecule has 23 heavy (non-hydrogen) atoms. The molecule has 0 saturated heterocycles. The smallest absolute Gasteiger partial charge is 0.242 e. The lowest BCUT2D eigenvalue weighted by atomic mass is 10.1. The molecule has 4 nitrogen and oxygen atoms in total. The number of hydrogen-bond acceptors (Lipinski definition) is 2. The van der Waals surface area contributed by atoms with E-state index < -0.39 is 6.04 Å². The van der Waals surface area contributed by atoms with Crippen LogP contribution in [0.3, 0.4) is 0 Å². The van der Waals surface area contributed by atoms with Gasteiger partial charge in [0.05, 0.1) is 10.0 Å². The average molecular weight is 359 g/mol. The lowest BCUT2D eigenvalue weighted by molar-refractivity contribution is -0.140. The fraction of sp³-hybridized carbons (Fsp3) is 0.529. The monoisotopic (exact) mass is 358 g/mol. The molecule has 6 heteroatoms. The normalized spacial score (nSPS) is 11.9. The molecule has 1 N–H and O–H groups in total. The van der Waals surface area contributed by atoms with Gasteiger partial charge < -0.3 is 10.2 Å². The highest BCUT2D eigenvalue weighted by Gasteiger charge is 2.24. The van der Waals surface area contributed by atoms with Crippen molar-refractivity contribution in [1.82, 2.24) is 10.2 Å². The summed E-state index contributed by atoms with van der Waals surface area (Å²) < 4.78 is 0. The van der Waals surface area contributed by atoms with Crippen molar-refractivity contribution in [3.8, 4) is 0 Å². The van der Waals surface area contributed by atoms with Crippen molar-refractivity contribution in [3.63, 3.8) is 0 Å². The van der Waals surface area contributed by atoms with E-state index in [9.17, 15) is 9.59 Å². The summed E-state index contributed by atoms with van der Waals surface area (Å²) in [6.45, 7) is 6.54. The molecule has 0 aliphatic rings. The van der Waals surface area contributed by atoms with Crippen molar-refractivity contribution in [2.24, 2.45) is 0 Å². The number of rotatable bonds is 8. The van der Waals surface area contributed by atoms with Gasteiger partial charge in [0.15, 0.2) is 0 Å². The Morgan fingerprint density at radius 3 is 2.48 bits per heavy atom. The molecule has 0 spiro atoms. The maximum absolute atomic E-state index is 12.2. The molecule has 1 rings (SSSR count). The van der Waals surface area contributed by atoms with Gasteiger partial charge >= 0.3 is 0 Å². The first kappa shape index (κ1) is 19.8. The number of benzene rings is 1. The summed E-state index contributed by atoms with van der Waals surface area (Å²) in [6.07, 6.45) is 2.27. The van der Waals surface area contributed by atoms with Crippen LogP contribution in [0.1, 0.15) is 45.6 Å². The highest BCUT2D eigenvalue weighted by atomic mass is 35.5. The molecule has 0 fully saturated rings. The molecular weight excluding hydrogens is 335 g/mol. The van der Waals surface area contributed by atoms with Crippen LogP contribution in [0.4, 0.5) is 0 Å². The van der Waals surface area contributed by atoms with Crippen LogP contribution < -0.4 is 5.32 Å². The minimum Gasteiger partial charge on any atom is -0.354 e. The van der Waals surface area contributed by atoms with Gasteiger partial charge in [-0.3, -0.25) is 9.59 Å². The standard InChI is InChI=1S/C17H24Cl2N2O2/c1-4-6-9-20-17(23)12(3)21(16(22)5-2)11-13-7-8-14(18)15(19)10-13/h7-8,10,12H,4-6,9,11H2,1-3H3,(H,20,23)/t12-/m1/s1. The van der Waals surface area contributed by atoms with Crippen LogP contribution >= 0.6 is 23.2 Å². The van der Waals surface area contributed by atoms with E-state index in [4.69, 9.17) is 23.2 Å². The molecule has 0 aliphatic carbocycles. The zero-order chi connectivity index (χ0) is 17.4. The van der Waals surface area contributed by atoms with Crippen molar-refractivity contribution >= 4 is 35.0 Å². The van der Waals surface area contributed by atoms with E-state index in [1.54, 1.807) is 30.9 Å². The molecule has 0 unspecified atom stereocenters. The van der Waals surface area contributed by atoms with Crippen LogP contribution in [-0.4, -0.2) is 29.3 Å². The predicted octanol–water partition coefficient (Wildman–Crippen LogP) is 4.04. The van der Waals surface area contributed by atoms with E-state index in [0.29, 0.717) is 29.6 Å². The van der Waals surface area contributed by atoms with E-state index in [1.807, 2.05) is 6.07 Å². The number of amides is 2. The lowest BCUT2D eigenvalue weighted by Gasteiger charge is -2.28. The Morgan fingerprint density at radius 1 is 1.22 bits per heavy atom. The quantitative estimate of drug-likeness (QED) is 0.713. The number of carbonyl (C=O) groups is 2. The SMILES string of the molecule is CCCCNC(=O)[C@@H](C)N(Cc1ccc(Cl)c(Cl)c1)C(=O)CC. The summed E-state index contributed by atoms with van der Waals surface area (Å²) >= 11 is 11.9. The molecule has 1 aromatic carbocycles. The van der Waals surface area contributed by atoms with Crippen LogP contribution in [0.2, 0.25) is 10.0 Å². The molecule has 0 heterocycles. The number of nitrogens with one attached hydrogen (secondary N) is 1. The molecule has 0 saturated carbocycles. The maximum atomic E-state index is 12.2. The maximum Gasteiger partial charge on any atom is 0.242 e. The second-order valence-electron chi connectivity index (χ2n) is 5.44. The Kier molecular flexibility index (Phi) is 8.42. The van der Waals surface area contributed by atoms with Gasteiger partial charge in [0, 0.05) is 19.5 Å². The van der Waals surface area contributed by atoms with Gasteiger partial charge in [0.1, 0.15) is 6.04 Å². The Morgan fingerprint density at radius 2 is 1.91 bits per heavy atom. The van der Waals surface area contributed by atoms with Crippen LogP contribution in [0.5, 0.6) is 0 Å². The van der Waals surface area contributed by atoms with Gasteiger partial charge in [0.25, 0.3) is 0 Å². The lowest BCUT2D eigenvalue weighted by Crippen LogP contribution is -2.47. The third-order valence-electron chi connectivity index (χ3n) is 3.64. The number of nitrogens with zero attached hydrogens (tertiary/aromatic N) is 1. The van der Waals surface area contributed by atoms with E-state index in [-0.39, 0.29) is 11.8 Å². The van der Waals surface area contributed by atoms with Crippen LogP contribution in [-0.2, 0) is 16.1 Å². The minimum atomic E-state index is -0.534. The van der Waals surface area contributed by atoms with Crippen molar-refractivity contribution in [2.75, 3.05) is 6.54 Å². The number of unbranched alkanes of at least 4 members (excludes halogenated alkanes) is 1. The van der Waals surface area contributed by atoms with Crippen LogP contribution in [0, 0.1) is 0 Å². The summed E-state index contributed by atoms with van der Waals surface area (Å²) in [6, 6.07) is 4.70. The fourth-order valence-corrected chi connectivity index (χ4v) is 2.48. The fourth-order valence-electron chi connectivity index (χ4n) is 2.16. The number of halogens is 2. The average Bonchev–Trinajstić information content (AvgIpc) is 2.54. The largest absolute Gasteiger partial charge is 0.354 e. The van der Waals surface area contributed by atoms with Gasteiger partial charge in [-0.25, -0.2) is 0 Å². The predicted molar refractivity (Wildman–Crippen MR) is 94.7 cm³/mol. The number of carbonyl (C=O) groups excluding carboxylic acids is 2. The highest BCUT2D eigenvalue weighted by molar-refractivity contribution is 6.42. The highest BCUT2D eigenvalue weighted by Crippen LogP contribution is 2.23. The van der Waals surface area contributed by atoms with Gasteiger partial charge in [0.2, 0.25) is 11.8 Å². The first-order valence-corrected chi connectivity index (χ1v) is 8.67. The van der Waals surface area contributed by atoms with Crippen molar-refractivity contribution in [2.45, 2.75) is 52.6 Å². The molecule has 2 amide bonds. The van der Waals surface area contributed by atoms with E-state index in [0.717, 1.165) is 18.4 Å². The zero-order valence-electron chi connectivity index (χ0n) is 13.9. The third kappa shape index (κ3) is 6.04. The Labute approximate surface area is 148 Å². The molecule has 0 aliphatic heterocycles. The summed E-state index contributed by atoms with van der Waals surface area (Å²) in [5.74, 6) is -0.213. The second-order valence-corrected chi connectivity index (χ2v) is 6.26. The first-order valence-electron chi connectivity index (χ1n) is 7.91. The summed E-state index contributed by atoms with van der Waals surface area (Å²) in [5.41, 5.74) is 0.842. The van der Waals surface area contributed by atoms with Gasteiger partial charge in [-0.15, -0.1) is 0 Å². The minimum absolute atomic E-state index is 0.0748. The molecular formula is C17H24Cl2N2O2. The Hall–Kier alpha value is -1.26. The molecule has 0 radical (unpaired) electrons. The van der Waals surface area contributed by atoms with E-state index >= 15 is 0 Å². The summed E-state index contributed by atoms with van der Waals surface area (Å²) in [5, 5.41) is 3.77. The summed E-state index contributed by atoms with van der Waals surface area (Å²) in [7, 11) is 0. The molecule has 1 aromatic rings. The second kappa shape index (κ2) is 9.78. The Balaban J connectivity index is 2.84. The van der Waals surface area contributed by atoms with Crippen molar-refractivity contribution in [1.29, 1.82) is 0 Å². The van der Waals surface area contributed by atoms with Gasteiger partial charge in [-0.2, -0.15) is 0 Å². The molecule has 1 atom stereocenters. The number of hydrogen-bond donors (Lipinski definition) is 1. The van der Waals surface area contributed by atoms with Gasteiger partial charge in [-0.1, -0.05) is 49.5 Å². The van der Waals surface area contributed by atoms with Crippen LogP contribution in [0.15, 0.2) is 18.2 Å². The zero-order valence-corrected chi connectivity index (χ0v) is 15.4. The molecule has 0 bridgehead atoms. The van der Waals surface area contributed by atoms with Crippen LogP contribution in [0.25, 0.3) is 0 Å². The van der Waals surface area contributed by atoms with Crippen molar-refractivity contribution in [3.05, 3.63) is 33.8 Å². The summed E-state index contributed by atoms with van der Waals surface area (Å²) in [4.78, 5) is 26.0. The molecule has 128 valence electrons. The van der Waals surface area contributed by atoms with Crippen molar-refractivity contribution < 1.29 is 9.59 Å². The third-order valence-corrected chi connectivity index (χ3v) is 4.38. The van der Waals surface area contributed by atoms with Gasteiger partial charge in [-0.05, 0) is 31.0 Å². The Bertz CT molecular complexity index is 549. The molecule has 0 aromatic heterocycles. The van der Waals surface area contributed by atoms with E-state index in [1.165, 1.54) is 0 Å².